The molecular weight excluding hydrogens is 219 g/mol. The van der Waals surface area contributed by atoms with Crippen molar-refractivity contribution in [1.29, 1.82) is 5.26 Å². The number of rotatable bonds is 7. The van der Waals surface area contributed by atoms with Crippen molar-refractivity contribution < 1.29 is 9.13 Å². The zero-order chi connectivity index (χ0) is 12.5. The maximum atomic E-state index is 13.2. The monoisotopic (exact) mass is 236 g/mol. The summed E-state index contributed by atoms with van der Waals surface area (Å²) in [6.07, 6.45) is 1.52. The Hall–Kier alpha value is -1.60. The molecule has 1 aromatic rings. The second-order valence-electron chi connectivity index (χ2n) is 3.70. The lowest BCUT2D eigenvalue weighted by molar-refractivity contribution is 0.284. The van der Waals surface area contributed by atoms with E-state index in [4.69, 9.17) is 10.00 Å². The van der Waals surface area contributed by atoms with Crippen LogP contribution in [0.25, 0.3) is 0 Å². The van der Waals surface area contributed by atoms with Crippen molar-refractivity contribution in [3.8, 4) is 11.8 Å². The van der Waals surface area contributed by atoms with E-state index >= 15 is 0 Å². The second kappa shape index (κ2) is 7.64. The van der Waals surface area contributed by atoms with Gasteiger partial charge in [-0.2, -0.15) is 5.26 Å². The number of benzene rings is 1. The zero-order valence-electron chi connectivity index (χ0n) is 9.95. The molecule has 0 aromatic heterocycles. The van der Waals surface area contributed by atoms with Gasteiger partial charge in [-0.3, -0.25) is 0 Å². The lowest BCUT2D eigenvalue weighted by Crippen LogP contribution is -2.29. The van der Waals surface area contributed by atoms with Crippen molar-refractivity contribution >= 4 is 0 Å². The van der Waals surface area contributed by atoms with Crippen LogP contribution in [0.3, 0.4) is 0 Å². The summed E-state index contributed by atoms with van der Waals surface area (Å²) in [6.45, 7) is 3.17. The van der Waals surface area contributed by atoms with Crippen LogP contribution >= 0.6 is 0 Å². The minimum Gasteiger partial charge on any atom is -0.490 e. The lowest BCUT2D eigenvalue weighted by atomic mass is 10.2. The van der Waals surface area contributed by atoms with Crippen LogP contribution in [0.1, 0.15) is 19.8 Å². The lowest BCUT2D eigenvalue weighted by Gasteiger charge is -2.11. The number of nitriles is 1. The number of hydrogen-bond donors (Lipinski definition) is 1. The number of halogens is 1. The molecule has 0 spiro atoms. The zero-order valence-corrected chi connectivity index (χ0v) is 9.95. The molecule has 0 bridgehead atoms. The van der Waals surface area contributed by atoms with E-state index < -0.39 is 0 Å². The van der Waals surface area contributed by atoms with E-state index in [0.29, 0.717) is 13.0 Å². The summed E-state index contributed by atoms with van der Waals surface area (Å²) in [5, 5.41) is 11.9. The van der Waals surface area contributed by atoms with E-state index in [2.05, 4.69) is 11.4 Å². The van der Waals surface area contributed by atoms with Gasteiger partial charge in [-0.15, -0.1) is 0 Å². The Morgan fingerprint density at radius 1 is 1.47 bits per heavy atom. The summed E-state index contributed by atoms with van der Waals surface area (Å²) < 4.78 is 18.5. The summed E-state index contributed by atoms with van der Waals surface area (Å²) in [7, 11) is 0. The van der Waals surface area contributed by atoms with Gasteiger partial charge in [0.25, 0.3) is 0 Å². The number of hydrogen-bond acceptors (Lipinski definition) is 3. The highest BCUT2D eigenvalue weighted by atomic mass is 19.1. The third kappa shape index (κ3) is 4.83. The molecule has 0 aliphatic rings. The highest BCUT2D eigenvalue weighted by Crippen LogP contribution is 2.15. The fourth-order valence-corrected chi connectivity index (χ4v) is 1.38. The number of ether oxygens (including phenoxy) is 1. The molecule has 1 rings (SSSR count). The number of nitrogens with one attached hydrogen (secondary N) is 1. The summed E-state index contributed by atoms with van der Waals surface area (Å²) in [5.41, 5.74) is 0. The van der Waals surface area contributed by atoms with E-state index in [1.807, 2.05) is 6.92 Å². The quantitative estimate of drug-likeness (QED) is 0.791. The Morgan fingerprint density at radius 3 is 2.88 bits per heavy atom. The van der Waals surface area contributed by atoms with Gasteiger partial charge in [0.15, 0.2) is 11.6 Å². The molecule has 0 fully saturated rings. The molecule has 1 N–H and O–H groups in total. The second-order valence-corrected chi connectivity index (χ2v) is 3.70. The molecule has 0 saturated carbocycles. The van der Waals surface area contributed by atoms with Gasteiger partial charge in [0, 0.05) is 6.42 Å². The number of nitrogens with zero attached hydrogens (tertiary/aromatic N) is 1. The van der Waals surface area contributed by atoms with Crippen LogP contribution in [0, 0.1) is 17.1 Å². The topological polar surface area (TPSA) is 45.0 Å². The highest BCUT2D eigenvalue weighted by molar-refractivity contribution is 5.23. The van der Waals surface area contributed by atoms with E-state index in [1.165, 1.54) is 6.07 Å². The minimum absolute atomic E-state index is 0.235. The van der Waals surface area contributed by atoms with Crippen LogP contribution in [0.2, 0.25) is 0 Å². The van der Waals surface area contributed by atoms with E-state index in [9.17, 15) is 4.39 Å². The molecule has 0 saturated heterocycles. The maximum absolute atomic E-state index is 13.2. The normalized spacial score (nSPS) is 11.8. The fourth-order valence-electron chi connectivity index (χ4n) is 1.38. The standard InChI is InChI=1S/C13H17FN2O/c1-2-8-16-11(10-15)7-9-17-13-6-4-3-5-12(13)14/h3-6,11,16H,2,7-9H2,1H3. The van der Waals surface area contributed by atoms with Crippen molar-refractivity contribution in [2.75, 3.05) is 13.2 Å². The Labute approximate surface area is 101 Å². The Kier molecular flexibility index (Phi) is 6.05. The van der Waals surface area contributed by atoms with Crippen molar-refractivity contribution in [2.45, 2.75) is 25.8 Å². The van der Waals surface area contributed by atoms with Crippen molar-refractivity contribution in [3.63, 3.8) is 0 Å². The Bertz CT molecular complexity index is 376. The Morgan fingerprint density at radius 2 is 2.24 bits per heavy atom. The van der Waals surface area contributed by atoms with E-state index in [1.54, 1.807) is 18.2 Å². The summed E-state index contributed by atoms with van der Waals surface area (Å²) in [5.74, 6) is -0.137. The fraction of sp³-hybridized carbons (Fsp3) is 0.462. The average molecular weight is 236 g/mol. The van der Waals surface area contributed by atoms with Crippen LogP contribution in [-0.4, -0.2) is 19.2 Å². The van der Waals surface area contributed by atoms with Gasteiger partial charge in [0.1, 0.15) is 0 Å². The predicted octanol–water partition coefficient (Wildman–Crippen LogP) is 2.49. The van der Waals surface area contributed by atoms with Crippen LogP contribution in [0.4, 0.5) is 4.39 Å². The molecule has 0 heterocycles. The van der Waals surface area contributed by atoms with Gasteiger partial charge in [-0.25, -0.2) is 4.39 Å². The SMILES string of the molecule is CCCNC(C#N)CCOc1ccccc1F. The van der Waals surface area contributed by atoms with Crippen molar-refractivity contribution in [2.24, 2.45) is 0 Å². The molecule has 0 aliphatic heterocycles. The molecule has 1 atom stereocenters. The minimum atomic E-state index is -0.373. The van der Waals surface area contributed by atoms with Crippen LogP contribution < -0.4 is 10.1 Å². The molecule has 0 aliphatic carbocycles. The van der Waals surface area contributed by atoms with Gasteiger partial charge in [-0.05, 0) is 25.1 Å². The van der Waals surface area contributed by atoms with Gasteiger partial charge in [-0.1, -0.05) is 19.1 Å². The van der Waals surface area contributed by atoms with Crippen LogP contribution in [-0.2, 0) is 0 Å². The maximum Gasteiger partial charge on any atom is 0.165 e. The predicted molar refractivity (Wildman–Crippen MR) is 64.2 cm³/mol. The summed E-state index contributed by atoms with van der Waals surface area (Å²) in [6, 6.07) is 8.18. The first kappa shape index (κ1) is 13.5. The van der Waals surface area contributed by atoms with Crippen LogP contribution in [0.15, 0.2) is 24.3 Å². The van der Waals surface area contributed by atoms with E-state index in [-0.39, 0.29) is 17.6 Å². The molecular formula is C13H17FN2O. The molecule has 0 radical (unpaired) electrons. The van der Waals surface area contributed by atoms with Gasteiger partial charge in [0.05, 0.1) is 18.7 Å². The number of para-hydroxylation sites is 1. The largest absolute Gasteiger partial charge is 0.490 e. The third-order valence-electron chi connectivity index (χ3n) is 2.30. The first-order valence-corrected chi connectivity index (χ1v) is 5.78. The van der Waals surface area contributed by atoms with E-state index in [0.717, 1.165) is 13.0 Å². The molecule has 1 unspecified atom stereocenters. The first-order chi connectivity index (χ1) is 8.27. The molecule has 4 heteroatoms. The highest BCUT2D eigenvalue weighted by Gasteiger charge is 2.07. The molecule has 0 amide bonds. The molecule has 92 valence electrons. The molecule has 17 heavy (non-hydrogen) atoms. The molecule has 1 aromatic carbocycles. The van der Waals surface area contributed by atoms with Gasteiger partial charge in [0.2, 0.25) is 0 Å². The Balaban J connectivity index is 2.32. The van der Waals surface area contributed by atoms with Gasteiger partial charge < -0.3 is 10.1 Å². The average Bonchev–Trinajstić information content (AvgIpc) is 2.35. The third-order valence-corrected chi connectivity index (χ3v) is 2.30. The van der Waals surface area contributed by atoms with Crippen molar-refractivity contribution in [1.82, 2.24) is 5.32 Å². The smallest absolute Gasteiger partial charge is 0.165 e. The summed E-state index contributed by atoms with van der Waals surface area (Å²) >= 11 is 0. The first-order valence-electron chi connectivity index (χ1n) is 5.78. The van der Waals surface area contributed by atoms with Crippen molar-refractivity contribution in [3.05, 3.63) is 30.1 Å². The summed E-state index contributed by atoms with van der Waals surface area (Å²) in [4.78, 5) is 0. The van der Waals surface area contributed by atoms with Crippen LogP contribution in [0.5, 0.6) is 5.75 Å². The van der Waals surface area contributed by atoms with Gasteiger partial charge >= 0.3 is 0 Å². The molecule has 3 nitrogen and oxygen atoms in total.